The van der Waals surface area contributed by atoms with Gasteiger partial charge in [0.25, 0.3) is 0 Å². The molecule has 1 aliphatic heterocycles. The van der Waals surface area contributed by atoms with Crippen LogP contribution in [0.2, 0.25) is 0 Å². The summed E-state index contributed by atoms with van der Waals surface area (Å²) in [5, 5.41) is 12.6. The topological polar surface area (TPSA) is 61.8 Å². The highest BCUT2D eigenvalue weighted by Crippen LogP contribution is 2.15. The van der Waals surface area contributed by atoms with E-state index in [0.717, 1.165) is 18.4 Å². The van der Waals surface area contributed by atoms with Gasteiger partial charge in [0, 0.05) is 20.2 Å². The number of rotatable bonds is 4. The molecule has 0 aliphatic carbocycles. The van der Waals surface area contributed by atoms with Crippen LogP contribution in [-0.4, -0.2) is 48.9 Å². The molecule has 1 heterocycles. The molecule has 1 aromatic rings. The predicted molar refractivity (Wildman–Crippen MR) is 76.4 cm³/mol. The van der Waals surface area contributed by atoms with Crippen molar-refractivity contribution >= 4 is 6.03 Å². The molecule has 0 spiro atoms. The van der Waals surface area contributed by atoms with Crippen molar-refractivity contribution in [3.8, 4) is 0 Å². The largest absolute Gasteiger partial charge is 0.391 e. The molecule has 2 atom stereocenters. The van der Waals surface area contributed by atoms with Crippen LogP contribution in [0.15, 0.2) is 30.3 Å². The van der Waals surface area contributed by atoms with Crippen LogP contribution in [-0.2, 0) is 4.74 Å². The van der Waals surface area contributed by atoms with Crippen molar-refractivity contribution in [1.82, 2.24) is 10.2 Å². The van der Waals surface area contributed by atoms with Crippen LogP contribution in [0.4, 0.5) is 4.79 Å². The number of nitrogens with one attached hydrogen (secondary N) is 1. The highest BCUT2D eigenvalue weighted by Gasteiger charge is 2.24. The molecule has 20 heavy (non-hydrogen) atoms. The number of ether oxygens (including phenoxy) is 1. The maximum absolute atomic E-state index is 12.3. The molecule has 5 heteroatoms. The smallest absolute Gasteiger partial charge is 0.318 e. The number of amides is 2. The number of aliphatic hydroxyl groups is 1. The van der Waals surface area contributed by atoms with Crippen molar-refractivity contribution in [3.63, 3.8) is 0 Å². The third-order valence-corrected chi connectivity index (χ3v) is 3.52. The van der Waals surface area contributed by atoms with Crippen LogP contribution in [0.1, 0.15) is 24.4 Å². The number of β-amino-alcohol motifs (C(OH)–C–C–N with tert-alkyl or cyclic N) is 1. The summed E-state index contributed by atoms with van der Waals surface area (Å²) in [6.07, 6.45) is 1.20. The lowest BCUT2D eigenvalue weighted by atomic mass is 10.1. The van der Waals surface area contributed by atoms with Gasteiger partial charge in [0.2, 0.25) is 0 Å². The second-order valence-corrected chi connectivity index (χ2v) is 5.11. The fourth-order valence-electron chi connectivity index (χ4n) is 2.45. The summed E-state index contributed by atoms with van der Waals surface area (Å²) in [5.41, 5.74) is 1.01. The Morgan fingerprint density at radius 2 is 2.25 bits per heavy atom. The SMILES string of the molecule is COCC(NC(=O)N1CCCC(O)C1)c1ccccc1. The van der Waals surface area contributed by atoms with Gasteiger partial charge in [-0.05, 0) is 18.4 Å². The number of urea groups is 1. The van der Waals surface area contributed by atoms with E-state index in [1.807, 2.05) is 30.3 Å². The van der Waals surface area contributed by atoms with Crippen LogP contribution in [0.25, 0.3) is 0 Å². The molecule has 1 aromatic carbocycles. The van der Waals surface area contributed by atoms with E-state index in [4.69, 9.17) is 4.74 Å². The quantitative estimate of drug-likeness (QED) is 0.878. The minimum absolute atomic E-state index is 0.144. The monoisotopic (exact) mass is 278 g/mol. The summed E-state index contributed by atoms with van der Waals surface area (Å²) in [6.45, 7) is 1.52. The highest BCUT2D eigenvalue weighted by atomic mass is 16.5. The van der Waals surface area contributed by atoms with E-state index in [1.165, 1.54) is 0 Å². The van der Waals surface area contributed by atoms with E-state index in [1.54, 1.807) is 12.0 Å². The zero-order valence-electron chi connectivity index (χ0n) is 11.8. The minimum Gasteiger partial charge on any atom is -0.391 e. The molecule has 2 N–H and O–H groups in total. The van der Waals surface area contributed by atoms with Gasteiger partial charge >= 0.3 is 6.03 Å². The van der Waals surface area contributed by atoms with Gasteiger partial charge in [0.1, 0.15) is 0 Å². The number of methoxy groups -OCH3 is 1. The third kappa shape index (κ3) is 3.95. The Hall–Kier alpha value is -1.59. The first-order valence-corrected chi connectivity index (χ1v) is 6.98. The Balaban J connectivity index is 1.99. The number of hydrogen-bond donors (Lipinski definition) is 2. The number of piperidine rings is 1. The van der Waals surface area contributed by atoms with E-state index in [2.05, 4.69) is 5.32 Å². The molecule has 1 fully saturated rings. The molecule has 1 saturated heterocycles. The zero-order chi connectivity index (χ0) is 14.4. The standard InChI is InChI=1S/C15H22N2O3/c1-20-11-14(12-6-3-2-4-7-12)16-15(19)17-9-5-8-13(18)10-17/h2-4,6-7,13-14,18H,5,8-11H2,1H3,(H,16,19). The molecular formula is C15H22N2O3. The number of aliphatic hydroxyl groups excluding tert-OH is 1. The summed E-state index contributed by atoms with van der Waals surface area (Å²) in [6, 6.07) is 9.44. The fraction of sp³-hybridized carbons (Fsp3) is 0.533. The van der Waals surface area contributed by atoms with Gasteiger partial charge in [0.15, 0.2) is 0 Å². The second kappa shape index (κ2) is 7.26. The predicted octanol–water partition coefficient (Wildman–Crippen LogP) is 1.54. The summed E-state index contributed by atoms with van der Waals surface area (Å²) in [5.74, 6) is 0. The van der Waals surface area contributed by atoms with Gasteiger partial charge in [-0.2, -0.15) is 0 Å². The zero-order valence-corrected chi connectivity index (χ0v) is 11.8. The molecular weight excluding hydrogens is 256 g/mol. The van der Waals surface area contributed by atoms with Gasteiger partial charge in [-0.1, -0.05) is 30.3 Å². The van der Waals surface area contributed by atoms with Gasteiger partial charge in [-0.15, -0.1) is 0 Å². The first kappa shape index (κ1) is 14.8. The Morgan fingerprint density at radius 1 is 1.50 bits per heavy atom. The molecule has 2 rings (SSSR count). The Morgan fingerprint density at radius 3 is 2.90 bits per heavy atom. The van der Waals surface area contributed by atoms with E-state index >= 15 is 0 Å². The second-order valence-electron chi connectivity index (χ2n) is 5.11. The summed E-state index contributed by atoms with van der Waals surface area (Å²) in [7, 11) is 1.62. The molecule has 0 bridgehead atoms. The minimum atomic E-state index is -0.410. The summed E-state index contributed by atoms with van der Waals surface area (Å²) < 4.78 is 5.19. The van der Waals surface area contributed by atoms with Crippen LogP contribution in [0.5, 0.6) is 0 Å². The van der Waals surface area contributed by atoms with E-state index in [9.17, 15) is 9.90 Å². The maximum atomic E-state index is 12.3. The maximum Gasteiger partial charge on any atom is 0.318 e. The van der Waals surface area contributed by atoms with Crippen molar-refractivity contribution in [1.29, 1.82) is 0 Å². The number of likely N-dealkylation sites (tertiary alicyclic amines) is 1. The fourth-order valence-corrected chi connectivity index (χ4v) is 2.45. The molecule has 5 nitrogen and oxygen atoms in total. The van der Waals surface area contributed by atoms with Crippen molar-refractivity contribution in [3.05, 3.63) is 35.9 Å². The first-order valence-electron chi connectivity index (χ1n) is 6.98. The van der Waals surface area contributed by atoms with Crippen molar-refractivity contribution in [2.75, 3.05) is 26.8 Å². The van der Waals surface area contributed by atoms with Crippen molar-refractivity contribution < 1.29 is 14.6 Å². The number of carbonyl (C=O) groups is 1. The lowest BCUT2D eigenvalue weighted by molar-refractivity contribution is 0.0811. The lowest BCUT2D eigenvalue weighted by Gasteiger charge is -2.31. The van der Waals surface area contributed by atoms with Crippen LogP contribution in [0.3, 0.4) is 0 Å². The van der Waals surface area contributed by atoms with Crippen LogP contribution < -0.4 is 5.32 Å². The Labute approximate surface area is 119 Å². The van der Waals surface area contributed by atoms with Gasteiger partial charge in [-0.25, -0.2) is 4.79 Å². The van der Waals surface area contributed by atoms with Crippen molar-refractivity contribution in [2.24, 2.45) is 0 Å². The molecule has 110 valence electrons. The number of hydrogen-bond acceptors (Lipinski definition) is 3. The third-order valence-electron chi connectivity index (χ3n) is 3.52. The van der Waals surface area contributed by atoms with E-state index < -0.39 is 6.10 Å². The van der Waals surface area contributed by atoms with Gasteiger partial charge in [-0.3, -0.25) is 0 Å². The number of nitrogens with zero attached hydrogens (tertiary/aromatic N) is 1. The van der Waals surface area contributed by atoms with E-state index in [0.29, 0.717) is 19.7 Å². The average molecular weight is 278 g/mol. The summed E-state index contributed by atoms with van der Waals surface area (Å²) >= 11 is 0. The molecule has 0 aromatic heterocycles. The van der Waals surface area contributed by atoms with Gasteiger partial charge < -0.3 is 20.1 Å². The van der Waals surface area contributed by atoms with E-state index in [-0.39, 0.29) is 12.1 Å². The molecule has 2 unspecified atom stereocenters. The normalized spacial score (nSPS) is 20.5. The highest BCUT2D eigenvalue weighted by molar-refractivity contribution is 5.75. The lowest BCUT2D eigenvalue weighted by Crippen LogP contribution is -2.48. The molecule has 0 saturated carbocycles. The molecule has 0 radical (unpaired) electrons. The number of carbonyl (C=O) groups excluding carboxylic acids is 1. The molecule has 1 aliphatic rings. The Bertz CT molecular complexity index is 424. The van der Waals surface area contributed by atoms with Crippen molar-refractivity contribution in [2.45, 2.75) is 25.0 Å². The average Bonchev–Trinajstić information content (AvgIpc) is 2.47. The van der Waals surface area contributed by atoms with Crippen LogP contribution >= 0.6 is 0 Å². The number of benzene rings is 1. The van der Waals surface area contributed by atoms with Crippen LogP contribution in [0, 0.1) is 0 Å². The first-order chi connectivity index (χ1) is 9.70. The summed E-state index contributed by atoms with van der Waals surface area (Å²) in [4.78, 5) is 13.9. The molecule has 2 amide bonds. The van der Waals surface area contributed by atoms with Gasteiger partial charge in [0.05, 0.1) is 18.8 Å². The Kier molecular flexibility index (Phi) is 5.38.